The van der Waals surface area contributed by atoms with Crippen LogP contribution in [0.5, 0.6) is 5.75 Å². The number of hydrogen-bond donors (Lipinski definition) is 4. The molecule has 4 N–H and O–H groups in total. The van der Waals surface area contributed by atoms with Gasteiger partial charge in [0.15, 0.2) is 11.4 Å². The second-order valence-corrected chi connectivity index (χ2v) is 5.49. The normalized spacial score (nSPS) is 29.6. The van der Waals surface area contributed by atoms with Crippen LogP contribution in [0.3, 0.4) is 0 Å². The maximum absolute atomic E-state index is 12.1. The predicted octanol–water partition coefficient (Wildman–Crippen LogP) is -0.267. The van der Waals surface area contributed by atoms with Crippen molar-refractivity contribution in [1.82, 2.24) is 5.32 Å². The molecule has 7 nitrogen and oxygen atoms in total. The number of amides is 1. The van der Waals surface area contributed by atoms with E-state index in [9.17, 15) is 24.9 Å². The maximum atomic E-state index is 12.1. The zero-order valence-corrected chi connectivity index (χ0v) is 11.9. The Labute approximate surface area is 129 Å². The molecule has 0 saturated carbocycles. The number of ether oxygens (including phenoxy) is 1. The number of fused-ring (bicyclic) bond motifs is 1. The summed E-state index contributed by atoms with van der Waals surface area (Å²) in [6.07, 6.45) is -1.13. The minimum Gasteiger partial charge on any atom is -0.506 e. The summed E-state index contributed by atoms with van der Waals surface area (Å²) in [5.41, 5.74) is -1.55. The summed E-state index contributed by atoms with van der Waals surface area (Å²) in [5, 5.41) is 31.3. The lowest BCUT2D eigenvalue weighted by Gasteiger charge is -2.20. The van der Waals surface area contributed by atoms with E-state index in [1.54, 1.807) is 0 Å². The SMILES string of the molecule is O=C(NC1=CC(=O)[C@]2(CO)OC2[C@H]1O)c1cccc(Cl)c1O. The molecule has 1 heterocycles. The summed E-state index contributed by atoms with van der Waals surface area (Å²) in [6, 6.07) is 4.24. The molecule has 1 unspecified atom stereocenters. The number of hydrogen-bond acceptors (Lipinski definition) is 6. The number of carbonyl (C=O) groups is 2. The van der Waals surface area contributed by atoms with Gasteiger partial charge in [-0.2, -0.15) is 0 Å². The Morgan fingerprint density at radius 2 is 2.18 bits per heavy atom. The lowest BCUT2D eigenvalue weighted by Crippen LogP contribution is -2.44. The molecule has 0 aromatic heterocycles. The molecule has 3 atom stereocenters. The summed E-state index contributed by atoms with van der Waals surface area (Å²) < 4.78 is 5.08. The van der Waals surface area contributed by atoms with E-state index in [1.807, 2.05) is 0 Å². The molecular weight excluding hydrogens is 314 g/mol. The third-order valence-electron chi connectivity index (χ3n) is 3.77. The van der Waals surface area contributed by atoms with Gasteiger partial charge < -0.3 is 25.4 Å². The standard InChI is InChI=1S/C14H12ClNO6/c15-7-3-1-2-6(10(7)19)13(21)16-8-4-9(18)14(5-17)12(22-14)11(8)20/h1-4,11-12,17,19-20H,5H2,(H,16,21)/t11-,12?,14-/m0/s1. The lowest BCUT2D eigenvalue weighted by molar-refractivity contribution is -0.121. The van der Waals surface area contributed by atoms with Crippen molar-refractivity contribution >= 4 is 23.3 Å². The average molecular weight is 326 g/mol. The van der Waals surface area contributed by atoms with Gasteiger partial charge >= 0.3 is 0 Å². The van der Waals surface area contributed by atoms with Crippen LogP contribution in [0.15, 0.2) is 30.0 Å². The number of ketones is 1. The van der Waals surface area contributed by atoms with Crippen molar-refractivity contribution in [3.05, 3.63) is 40.6 Å². The van der Waals surface area contributed by atoms with E-state index in [1.165, 1.54) is 18.2 Å². The van der Waals surface area contributed by atoms with Gasteiger partial charge in [-0.05, 0) is 12.1 Å². The third kappa shape index (κ3) is 2.10. The van der Waals surface area contributed by atoms with Gasteiger partial charge in [-0.15, -0.1) is 0 Å². The molecule has 0 radical (unpaired) electrons. The molecule has 22 heavy (non-hydrogen) atoms. The molecule has 1 amide bonds. The zero-order valence-electron chi connectivity index (χ0n) is 11.1. The van der Waals surface area contributed by atoms with Gasteiger partial charge in [-0.3, -0.25) is 9.59 Å². The first-order valence-corrected chi connectivity index (χ1v) is 6.80. The maximum Gasteiger partial charge on any atom is 0.259 e. The summed E-state index contributed by atoms with van der Waals surface area (Å²) >= 11 is 5.72. The first kappa shape index (κ1) is 15.0. The first-order valence-electron chi connectivity index (χ1n) is 6.42. The molecule has 1 aliphatic heterocycles. The van der Waals surface area contributed by atoms with Crippen LogP contribution >= 0.6 is 11.6 Å². The fourth-order valence-corrected chi connectivity index (χ4v) is 2.61. The number of phenols is 1. The zero-order chi connectivity index (χ0) is 16.1. The quantitative estimate of drug-likeness (QED) is 0.568. The smallest absolute Gasteiger partial charge is 0.259 e. The Morgan fingerprint density at radius 3 is 2.86 bits per heavy atom. The van der Waals surface area contributed by atoms with Crippen LogP contribution in [-0.4, -0.2) is 51.4 Å². The lowest BCUT2D eigenvalue weighted by atomic mass is 9.89. The van der Waals surface area contributed by atoms with Crippen molar-refractivity contribution < 1.29 is 29.6 Å². The molecule has 3 rings (SSSR count). The monoisotopic (exact) mass is 325 g/mol. The highest BCUT2D eigenvalue weighted by atomic mass is 35.5. The molecular formula is C14H12ClNO6. The van der Waals surface area contributed by atoms with Crippen LogP contribution in [0.2, 0.25) is 5.02 Å². The average Bonchev–Trinajstić information content (AvgIpc) is 3.24. The second kappa shape index (κ2) is 5.06. The number of para-hydroxylation sites is 1. The molecule has 1 fully saturated rings. The van der Waals surface area contributed by atoms with Crippen LogP contribution in [0.4, 0.5) is 0 Å². The molecule has 0 spiro atoms. The number of aliphatic hydroxyl groups is 2. The van der Waals surface area contributed by atoms with Gasteiger partial charge in [0.2, 0.25) is 0 Å². The topological polar surface area (TPSA) is 119 Å². The summed E-state index contributed by atoms with van der Waals surface area (Å²) in [5.74, 6) is -1.66. The van der Waals surface area contributed by atoms with E-state index >= 15 is 0 Å². The Hall–Kier alpha value is -1.93. The highest BCUT2D eigenvalue weighted by Gasteiger charge is 2.67. The first-order chi connectivity index (χ1) is 10.4. The number of carbonyl (C=O) groups excluding carboxylic acids is 2. The van der Waals surface area contributed by atoms with E-state index in [-0.39, 0.29) is 16.3 Å². The molecule has 1 aromatic rings. The van der Waals surface area contributed by atoms with Gasteiger partial charge in [0, 0.05) is 6.08 Å². The Morgan fingerprint density at radius 1 is 1.45 bits per heavy atom. The van der Waals surface area contributed by atoms with Gasteiger partial charge in [-0.25, -0.2) is 0 Å². The molecule has 116 valence electrons. The summed E-state index contributed by atoms with van der Waals surface area (Å²) in [7, 11) is 0. The van der Waals surface area contributed by atoms with Crippen molar-refractivity contribution in [2.24, 2.45) is 0 Å². The molecule has 1 aromatic carbocycles. The van der Waals surface area contributed by atoms with Crippen LogP contribution in [-0.2, 0) is 9.53 Å². The summed E-state index contributed by atoms with van der Waals surface area (Å²) in [4.78, 5) is 24.0. The van der Waals surface area contributed by atoms with Crippen molar-refractivity contribution in [3.8, 4) is 5.75 Å². The minimum absolute atomic E-state index is 0.00622. The van der Waals surface area contributed by atoms with Crippen molar-refractivity contribution in [2.45, 2.75) is 17.8 Å². The molecule has 0 bridgehead atoms. The highest BCUT2D eigenvalue weighted by Crippen LogP contribution is 2.44. The fraction of sp³-hybridized carbons (Fsp3) is 0.286. The molecule has 1 saturated heterocycles. The van der Waals surface area contributed by atoms with Gasteiger partial charge in [0.1, 0.15) is 18.0 Å². The number of nitrogens with one attached hydrogen (secondary N) is 1. The van der Waals surface area contributed by atoms with Crippen LogP contribution in [0, 0.1) is 0 Å². The van der Waals surface area contributed by atoms with Crippen LogP contribution in [0.25, 0.3) is 0 Å². The number of aromatic hydroxyl groups is 1. The van der Waals surface area contributed by atoms with Gasteiger partial charge in [0.25, 0.3) is 5.91 Å². The Bertz CT molecular complexity index is 703. The number of phenolic OH excluding ortho intramolecular Hbond substituents is 1. The number of epoxide rings is 1. The van der Waals surface area contributed by atoms with E-state index in [2.05, 4.69) is 5.32 Å². The number of halogens is 1. The number of aliphatic hydroxyl groups excluding tert-OH is 2. The second-order valence-electron chi connectivity index (χ2n) is 5.08. The largest absolute Gasteiger partial charge is 0.506 e. The van der Waals surface area contributed by atoms with E-state index in [0.29, 0.717) is 0 Å². The number of benzene rings is 1. The van der Waals surface area contributed by atoms with Crippen LogP contribution < -0.4 is 5.32 Å². The van der Waals surface area contributed by atoms with E-state index in [4.69, 9.17) is 16.3 Å². The third-order valence-corrected chi connectivity index (χ3v) is 4.08. The van der Waals surface area contributed by atoms with Gasteiger partial charge in [0.05, 0.1) is 22.9 Å². The molecule has 2 aliphatic rings. The van der Waals surface area contributed by atoms with Crippen molar-refractivity contribution in [3.63, 3.8) is 0 Å². The van der Waals surface area contributed by atoms with Crippen molar-refractivity contribution in [1.29, 1.82) is 0 Å². The fourth-order valence-electron chi connectivity index (χ4n) is 2.43. The Kier molecular flexibility index (Phi) is 3.45. The van der Waals surface area contributed by atoms with E-state index in [0.717, 1.165) is 6.08 Å². The number of rotatable bonds is 3. The van der Waals surface area contributed by atoms with E-state index < -0.39 is 41.9 Å². The Balaban J connectivity index is 1.83. The molecule has 1 aliphatic carbocycles. The van der Waals surface area contributed by atoms with Crippen molar-refractivity contribution in [2.75, 3.05) is 6.61 Å². The predicted molar refractivity (Wildman–Crippen MR) is 74.4 cm³/mol. The summed E-state index contributed by atoms with van der Waals surface area (Å²) in [6.45, 7) is -0.541. The minimum atomic E-state index is -1.40. The van der Waals surface area contributed by atoms with Gasteiger partial charge in [-0.1, -0.05) is 17.7 Å². The highest BCUT2D eigenvalue weighted by molar-refractivity contribution is 6.32. The molecule has 8 heteroatoms. The van der Waals surface area contributed by atoms with Crippen LogP contribution in [0.1, 0.15) is 10.4 Å².